The average molecular weight is 1130 g/mol. The second-order valence-electron chi connectivity index (χ2n) is 8.28. The lowest BCUT2D eigenvalue weighted by atomic mass is 10.1. The molecule has 2 rings (SSSR count). The van der Waals surface area contributed by atoms with Gasteiger partial charge in [-0.05, 0) is 116 Å². The van der Waals surface area contributed by atoms with Crippen LogP contribution in [0.25, 0.3) is 0 Å². The van der Waals surface area contributed by atoms with E-state index in [1.165, 1.54) is 25.9 Å². The Morgan fingerprint density at radius 3 is 1.79 bits per heavy atom. The van der Waals surface area contributed by atoms with E-state index in [1.807, 2.05) is 22.6 Å². The summed E-state index contributed by atoms with van der Waals surface area (Å²) in [6.45, 7) is 0.308. The maximum atomic E-state index is 13.4. The normalized spacial score (nSPS) is 10.6. The fraction of sp³-hybridized carbons (Fsp3) is 0.250. The Morgan fingerprint density at radius 2 is 1.30 bits per heavy atom. The van der Waals surface area contributed by atoms with Gasteiger partial charge in [0.25, 0.3) is 17.7 Å². The first kappa shape index (κ1) is 38.0. The molecule has 2 aromatic carbocycles. The van der Waals surface area contributed by atoms with Crippen LogP contribution in [0.4, 0.5) is 11.4 Å². The molecule has 0 aliphatic rings. The Kier molecular flexibility index (Phi) is 14.5. The number of halogens is 6. The van der Waals surface area contributed by atoms with Gasteiger partial charge in [-0.15, -0.1) is 0 Å². The summed E-state index contributed by atoms with van der Waals surface area (Å²) in [5.74, 6) is -4.45. The van der Waals surface area contributed by atoms with Crippen LogP contribution in [-0.2, 0) is 9.59 Å². The Labute approximate surface area is 311 Å². The van der Waals surface area contributed by atoms with Crippen molar-refractivity contribution in [1.29, 1.82) is 0 Å². The molecule has 43 heavy (non-hydrogen) atoms. The molecule has 0 heterocycles. The summed E-state index contributed by atoms with van der Waals surface area (Å²) in [5, 5.41) is 28.9. The zero-order chi connectivity index (χ0) is 32.9. The summed E-state index contributed by atoms with van der Waals surface area (Å²) in [6.07, 6.45) is 0. The standard InChI is InChI=1S/C24H21Br3I3N5O8/c1-7(37)35(3)20-14(26)9(21(39)31-2)13(25)10(15(20)27)22(40)33-6-8(38)34-19-17(29)11(23(41)32-4-5-36)16(28)12(18(19)30)24(42)43/h36H,4-6H2,1-3H3,(H,31,39)(H,32,41)(H,33,40)(H,34,38)(H,42,43). The highest BCUT2D eigenvalue weighted by Crippen LogP contribution is 2.44. The largest absolute Gasteiger partial charge is 0.478 e. The second-order valence-corrected chi connectivity index (χ2v) is 13.9. The van der Waals surface area contributed by atoms with E-state index in [0.29, 0.717) is 0 Å². The monoisotopic (exact) mass is 1120 g/mol. The van der Waals surface area contributed by atoms with Crippen molar-refractivity contribution in [3.63, 3.8) is 0 Å². The highest BCUT2D eigenvalue weighted by atomic mass is 127. The minimum Gasteiger partial charge on any atom is -0.478 e. The number of aromatic carboxylic acids is 1. The minimum atomic E-state index is -1.33. The molecule has 0 aromatic heterocycles. The third-order valence-corrected chi connectivity index (χ3v) is 11.2. The van der Waals surface area contributed by atoms with E-state index in [2.05, 4.69) is 69.1 Å². The van der Waals surface area contributed by atoms with Crippen molar-refractivity contribution in [3.05, 3.63) is 46.4 Å². The topological polar surface area (TPSA) is 194 Å². The highest BCUT2D eigenvalue weighted by molar-refractivity contribution is 14.1. The fourth-order valence-corrected chi connectivity index (χ4v) is 11.1. The second kappa shape index (κ2) is 16.4. The van der Waals surface area contributed by atoms with Gasteiger partial charge in [0, 0.05) is 35.6 Å². The Hall–Kier alpha value is -1.15. The highest BCUT2D eigenvalue weighted by Gasteiger charge is 2.31. The lowest BCUT2D eigenvalue weighted by Gasteiger charge is -2.24. The predicted molar refractivity (Wildman–Crippen MR) is 194 cm³/mol. The SMILES string of the molecule is CNC(=O)c1c(Br)c(C(=O)NCC(=O)Nc2c(I)c(C(=O)O)c(I)c(C(=O)NCCO)c2I)c(Br)c(N(C)C(C)=O)c1Br. The molecule has 232 valence electrons. The van der Waals surface area contributed by atoms with E-state index >= 15 is 0 Å². The van der Waals surface area contributed by atoms with Crippen molar-refractivity contribution in [3.8, 4) is 0 Å². The summed E-state index contributed by atoms with van der Waals surface area (Å²) in [4.78, 5) is 77.3. The van der Waals surface area contributed by atoms with Crippen molar-refractivity contribution in [2.24, 2.45) is 0 Å². The molecule has 0 aliphatic carbocycles. The number of aliphatic hydroxyl groups excluding tert-OH is 1. The van der Waals surface area contributed by atoms with Crippen LogP contribution in [0.15, 0.2) is 13.4 Å². The van der Waals surface area contributed by atoms with Crippen molar-refractivity contribution in [2.45, 2.75) is 6.92 Å². The number of benzene rings is 2. The zero-order valence-electron chi connectivity index (χ0n) is 22.2. The molecule has 19 heteroatoms. The van der Waals surface area contributed by atoms with E-state index in [1.54, 1.807) is 45.2 Å². The van der Waals surface area contributed by atoms with Gasteiger partial charge in [0.2, 0.25) is 11.8 Å². The van der Waals surface area contributed by atoms with Crippen LogP contribution in [0.5, 0.6) is 0 Å². The molecule has 0 fully saturated rings. The first-order valence-electron chi connectivity index (χ1n) is 11.6. The van der Waals surface area contributed by atoms with Crippen molar-refractivity contribution < 1.29 is 39.0 Å². The van der Waals surface area contributed by atoms with Crippen molar-refractivity contribution in [2.75, 3.05) is 44.0 Å². The summed E-state index contributed by atoms with van der Waals surface area (Å²) < 4.78 is 1.01. The molecular formula is C24H21Br3I3N5O8. The summed E-state index contributed by atoms with van der Waals surface area (Å²) in [5.41, 5.74) is -0.0161. The van der Waals surface area contributed by atoms with Crippen LogP contribution in [-0.4, -0.2) is 79.5 Å². The summed E-state index contributed by atoms with van der Waals surface area (Å²) in [6, 6.07) is 0. The maximum absolute atomic E-state index is 13.4. The van der Waals surface area contributed by atoms with E-state index in [4.69, 9.17) is 5.11 Å². The average Bonchev–Trinajstić information content (AvgIpc) is 2.92. The van der Waals surface area contributed by atoms with Crippen molar-refractivity contribution in [1.82, 2.24) is 16.0 Å². The molecule has 0 saturated carbocycles. The number of amides is 5. The number of carbonyl (C=O) groups excluding carboxylic acids is 5. The Bertz CT molecular complexity index is 1560. The van der Waals surface area contributed by atoms with Crippen LogP contribution in [0.2, 0.25) is 0 Å². The number of anilines is 2. The van der Waals surface area contributed by atoms with Crippen LogP contribution in [0, 0.1) is 10.7 Å². The number of carboxylic acids is 1. The first-order valence-corrected chi connectivity index (χ1v) is 17.2. The molecule has 5 amide bonds. The fourth-order valence-electron chi connectivity index (χ4n) is 3.48. The molecule has 0 bridgehead atoms. The quantitative estimate of drug-likeness (QED) is 0.193. The van der Waals surface area contributed by atoms with Gasteiger partial charge >= 0.3 is 5.97 Å². The summed E-state index contributed by atoms with van der Waals surface area (Å²) >= 11 is 15.3. The number of hydrogen-bond donors (Lipinski definition) is 6. The molecule has 0 saturated heterocycles. The number of carbonyl (C=O) groups is 6. The Balaban J connectivity index is 2.50. The first-order chi connectivity index (χ1) is 20.0. The third-order valence-electron chi connectivity index (χ3n) is 5.61. The smallest absolute Gasteiger partial charge is 0.337 e. The van der Waals surface area contributed by atoms with Gasteiger partial charge in [0.15, 0.2) is 0 Å². The molecule has 0 radical (unpaired) electrons. The molecule has 0 unspecified atom stereocenters. The van der Waals surface area contributed by atoms with Gasteiger partial charge < -0.3 is 36.4 Å². The van der Waals surface area contributed by atoms with E-state index in [9.17, 15) is 33.9 Å². The molecule has 13 nitrogen and oxygen atoms in total. The van der Waals surface area contributed by atoms with Crippen LogP contribution < -0.4 is 26.2 Å². The number of aliphatic hydroxyl groups is 1. The molecule has 0 aliphatic heterocycles. The number of nitrogens with zero attached hydrogens (tertiary/aromatic N) is 1. The van der Waals surface area contributed by atoms with E-state index < -0.39 is 36.1 Å². The number of nitrogens with one attached hydrogen (secondary N) is 4. The van der Waals surface area contributed by atoms with E-state index in [0.717, 1.165) is 0 Å². The number of hydrogen-bond acceptors (Lipinski definition) is 7. The molecule has 6 N–H and O–H groups in total. The Morgan fingerprint density at radius 1 is 0.791 bits per heavy atom. The molecular weight excluding hydrogens is 1110 g/mol. The predicted octanol–water partition coefficient (Wildman–Crippen LogP) is 3.92. The number of rotatable bonds is 10. The van der Waals surface area contributed by atoms with Crippen molar-refractivity contribution >= 4 is 162 Å². The number of carboxylic acid groups (broad SMARTS) is 1. The van der Waals surface area contributed by atoms with Gasteiger partial charge in [-0.2, -0.15) is 0 Å². The van der Waals surface area contributed by atoms with Crippen LogP contribution >= 0.6 is 116 Å². The van der Waals surface area contributed by atoms with Crippen LogP contribution in [0.3, 0.4) is 0 Å². The lowest BCUT2D eigenvalue weighted by molar-refractivity contribution is -0.116. The van der Waals surface area contributed by atoms with Crippen LogP contribution in [0.1, 0.15) is 48.4 Å². The van der Waals surface area contributed by atoms with Gasteiger partial charge in [0.1, 0.15) is 0 Å². The van der Waals surface area contributed by atoms with Gasteiger partial charge in [-0.1, -0.05) is 0 Å². The molecule has 0 spiro atoms. The van der Waals surface area contributed by atoms with E-state index in [-0.39, 0.29) is 76.8 Å². The van der Waals surface area contributed by atoms with Gasteiger partial charge in [-0.3, -0.25) is 24.0 Å². The minimum absolute atomic E-state index is 0.00150. The molecule has 0 atom stereocenters. The summed E-state index contributed by atoms with van der Waals surface area (Å²) in [7, 11) is 2.85. The zero-order valence-corrected chi connectivity index (χ0v) is 33.4. The lowest BCUT2D eigenvalue weighted by Crippen LogP contribution is -2.35. The maximum Gasteiger partial charge on any atom is 0.337 e. The van der Waals surface area contributed by atoms with Gasteiger partial charge in [0.05, 0.1) is 62.9 Å². The molecule has 2 aromatic rings. The third kappa shape index (κ3) is 8.37. The van der Waals surface area contributed by atoms with Gasteiger partial charge in [-0.25, -0.2) is 4.79 Å².